The Labute approximate surface area is 197 Å². The molecule has 0 radical (unpaired) electrons. The van der Waals surface area contributed by atoms with Crippen molar-refractivity contribution < 1.29 is 13.2 Å². The van der Waals surface area contributed by atoms with Crippen molar-refractivity contribution in [3.63, 3.8) is 0 Å². The van der Waals surface area contributed by atoms with E-state index in [2.05, 4.69) is 15.0 Å². The molecule has 1 heterocycles. The second-order valence-corrected chi connectivity index (χ2v) is 9.39. The molecule has 4 aromatic rings. The predicted molar refractivity (Wildman–Crippen MR) is 130 cm³/mol. The van der Waals surface area contributed by atoms with Gasteiger partial charge < -0.3 is 5.32 Å². The number of hydrogen-bond acceptors (Lipinski definition) is 4. The lowest BCUT2D eigenvalue weighted by atomic mass is 10.1. The zero-order valence-electron chi connectivity index (χ0n) is 17.4. The molecule has 8 heteroatoms. The molecular formula is C25H20ClN3O3S. The lowest BCUT2D eigenvalue weighted by Gasteiger charge is -2.11. The summed E-state index contributed by atoms with van der Waals surface area (Å²) in [5.41, 5.74) is 3.38. The van der Waals surface area contributed by atoms with Crippen LogP contribution in [0.5, 0.6) is 0 Å². The van der Waals surface area contributed by atoms with Gasteiger partial charge in [0.25, 0.3) is 15.9 Å². The summed E-state index contributed by atoms with van der Waals surface area (Å²) in [6.45, 7) is 0. The molecule has 0 unspecified atom stereocenters. The van der Waals surface area contributed by atoms with Gasteiger partial charge in [-0.3, -0.25) is 14.5 Å². The third-order valence-corrected chi connectivity index (χ3v) is 6.60. The summed E-state index contributed by atoms with van der Waals surface area (Å²) in [4.78, 5) is 16.8. The molecule has 0 saturated heterocycles. The molecule has 0 atom stereocenters. The Morgan fingerprint density at radius 2 is 1.45 bits per heavy atom. The molecule has 1 amide bonds. The van der Waals surface area contributed by atoms with E-state index in [0.29, 0.717) is 5.69 Å². The molecule has 0 aliphatic carbocycles. The van der Waals surface area contributed by atoms with Gasteiger partial charge in [0.1, 0.15) is 0 Å². The highest BCUT2D eigenvalue weighted by Gasteiger charge is 2.16. The summed E-state index contributed by atoms with van der Waals surface area (Å²) < 4.78 is 27.4. The minimum atomic E-state index is -3.75. The summed E-state index contributed by atoms with van der Waals surface area (Å²) in [7, 11) is -3.75. The summed E-state index contributed by atoms with van der Waals surface area (Å²) in [6, 6.07) is 23.9. The summed E-state index contributed by atoms with van der Waals surface area (Å²) in [5, 5.41) is 2.95. The molecule has 0 saturated carbocycles. The zero-order valence-corrected chi connectivity index (χ0v) is 19.0. The summed E-state index contributed by atoms with van der Waals surface area (Å²) in [6.07, 6.45) is 4.28. The monoisotopic (exact) mass is 477 g/mol. The van der Waals surface area contributed by atoms with Crippen LogP contribution in [0.25, 0.3) is 0 Å². The van der Waals surface area contributed by atoms with E-state index in [4.69, 9.17) is 11.6 Å². The van der Waals surface area contributed by atoms with Crippen LogP contribution in [-0.2, 0) is 16.4 Å². The van der Waals surface area contributed by atoms with Crippen LogP contribution in [0.15, 0.2) is 102 Å². The fourth-order valence-corrected chi connectivity index (χ4v) is 4.55. The molecule has 166 valence electrons. The first kappa shape index (κ1) is 22.5. The molecule has 0 aliphatic heterocycles. The van der Waals surface area contributed by atoms with Gasteiger partial charge in [0, 0.05) is 18.1 Å². The molecule has 4 rings (SSSR count). The molecule has 1 aromatic heterocycles. The molecule has 33 heavy (non-hydrogen) atoms. The topological polar surface area (TPSA) is 88.2 Å². The smallest absolute Gasteiger partial charge is 0.261 e. The van der Waals surface area contributed by atoms with E-state index in [0.717, 1.165) is 17.5 Å². The molecule has 0 bridgehead atoms. The maximum Gasteiger partial charge on any atom is 0.261 e. The van der Waals surface area contributed by atoms with Crippen molar-refractivity contribution >= 4 is 38.9 Å². The maximum absolute atomic E-state index is 12.7. The number of pyridine rings is 1. The van der Waals surface area contributed by atoms with Gasteiger partial charge in [0.2, 0.25) is 0 Å². The first-order chi connectivity index (χ1) is 15.9. The van der Waals surface area contributed by atoms with E-state index in [1.54, 1.807) is 30.6 Å². The number of anilines is 2. The van der Waals surface area contributed by atoms with E-state index in [9.17, 15) is 13.2 Å². The molecule has 0 aliphatic rings. The van der Waals surface area contributed by atoms with Gasteiger partial charge in [-0.05, 0) is 72.1 Å². The zero-order chi connectivity index (χ0) is 23.3. The fourth-order valence-electron chi connectivity index (χ4n) is 3.22. The Morgan fingerprint density at radius 3 is 2.12 bits per heavy atom. The number of carbonyl (C=O) groups is 1. The van der Waals surface area contributed by atoms with Crippen molar-refractivity contribution in [3.05, 3.63) is 119 Å². The van der Waals surface area contributed by atoms with Gasteiger partial charge in [-0.15, -0.1) is 0 Å². The number of nitrogens with one attached hydrogen (secondary N) is 2. The Morgan fingerprint density at radius 1 is 0.818 bits per heavy atom. The third-order valence-electron chi connectivity index (χ3n) is 4.89. The number of aromatic nitrogens is 1. The van der Waals surface area contributed by atoms with Crippen LogP contribution >= 0.6 is 11.6 Å². The van der Waals surface area contributed by atoms with Crippen LogP contribution in [0.3, 0.4) is 0 Å². The van der Waals surface area contributed by atoms with Crippen LogP contribution in [0.2, 0.25) is 5.02 Å². The van der Waals surface area contributed by atoms with Crippen molar-refractivity contribution in [2.45, 2.75) is 11.3 Å². The van der Waals surface area contributed by atoms with Gasteiger partial charge in [0.15, 0.2) is 0 Å². The van der Waals surface area contributed by atoms with E-state index in [1.165, 1.54) is 30.3 Å². The van der Waals surface area contributed by atoms with Crippen molar-refractivity contribution in [2.24, 2.45) is 0 Å². The van der Waals surface area contributed by atoms with E-state index in [1.807, 2.05) is 36.4 Å². The summed E-state index contributed by atoms with van der Waals surface area (Å²) >= 11 is 6.28. The van der Waals surface area contributed by atoms with Crippen molar-refractivity contribution in [1.29, 1.82) is 0 Å². The third kappa shape index (κ3) is 5.77. The Kier molecular flexibility index (Phi) is 6.72. The molecule has 0 fully saturated rings. The average molecular weight is 478 g/mol. The fraction of sp³-hybridized carbons (Fsp3) is 0.0400. The highest BCUT2D eigenvalue weighted by atomic mass is 35.5. The van der Waals surface area contributed by atoms with E-state index in [-0.39, 0.29) is 27.1 Å². The van der Waals surface area contributed by atoms with Crippen LogP contribution in [-0.4, -0.2) is 19.3 Å². The largest absolute Gasteiger partial charge is 0.322 e. The number of hydrogen-bond donors (Lipinski definition) is 2. The van der Waals surface area contributed by atoms with Crippen LogP contribution in [0.1, 0.15) is 21.5 Å². The minimum absolute atomic E-state index is 0.134. The SMILES string of the molecule is O=C(Nc1ccc(Cc2ccncc2)cc1)c1ccc(NS(=O)(=O)c2ccccc2)cc1Cl. The van der Waals surface area contributed by atoms with Gasteiger partial charge >= 0.3 is 0 Å². The first-order valence-electron chi connectivity index (χ1n) is 10.1. The summed E-state index contributed by atoms with van der Waals surface area (Å²) in [5.74, 6) is -0.389. The van der Waals surface area contributed by atoms with Crippen molar-refractivity contribution in [3.8, 4) is 0 Å². The molecular weight excluding hydrogens is 458 g/mol. The number of rotatable bonds is 7. The van der Waals surface area contributed by atoms with E-state index >= 15 is 0 Å². The first-order valence-corrected chi connectivity index (χ1v) is 11.9. The van der Waals surface area contributed by atoms with Gasteiger partial charge in [-0.25, -0.2) is 8.42 Å². The highest BCUT2D eigenvalue weighted by molar-refractivity contribution is 7.92. The quantitative estimate of drug-likeness (QED) is 0.374. The standard InChI is InChI=1S/C25H20ClN3O3S/c26-24-17-21(29-33(31,32)22-4-2-1-3-5-22)10-11-23(24)25(30)28-20-8-6-18(7-9-20)16-19-12-14-27-15-13-19/h1-15,17,29H,16H2,(H,28,30). The van der Waals surface area contributed by atoms with Crippen molar-refractivity contribution in [2.75, 3.05) is 10.0 Å². The van der Waals surface area contributed by atoms with Gasteiger partial charge in [0.05, 0.1) is 21.2 Å². The van der Waals surface area contributed by atoms with Crippen LogP contribution in [0.4, 0.5) is 11.4 Å². The molecule has 6 nitrogen and oxygen atoms in total. The second-order valence-electron chi connectivity index (χ2n) is 7.30. The number of halogens is 1. The van der Waals surface area contributed by atoms with Crippen LogP contribution in [0, 0.1) is 0 Å². The van der Waals surface area contributed by atoms with E-state index < -0.39 is 10.0 Å². The molecule has 3 aromatic carbocycles. The van der Waals surface area contributed by atoms with Crippen LogP contribution < -0.4 is 10.0 Å². The average Bonchev–Trinajstić information content (AvgIpc) is 2.81. The van der Waals surface area contributed by atoms with Crippen molar-refractivity contribution in [1.82, 2.24) is 4.98 Å². The lowest BCUT2D eigenvalue weighted by Crippen LogP contribution is -2.14. The normalized spacial score (nSPS) is 11.1. The highest BCUT2D eigenvalue weighted by Crippen LogP contribution is 2.24. The Balaban J connectivity index is 1.42. The minimum Gasteiger partial charge on any atom is -0.322 e. The number of nitrogens with zero attached hydrogens (tertiary/aromatic N) is 1. The lowest BCUT2D eigenvalue weighted by molar-refractivity contribution is 0.102. The number of amides is 1. The second kappa shape index (κ2) is 9.85. The number of benzene rings is 3. The molecule has 0 spiro atoms. The Hall–Kier alpha value is -3.68. The predicted octanol–water partition coefficient (Wildman–Crippen LogP) is 5.38. The number of carbonyl (C=O) groups excluding carboxylic acids is 1. The van der Waals surface area contributed by atoms with Gasteiger partial charge in [-0.1, -0.05) is 41.9 Å². The van der Waals surface area contributed by atoms with Gasteiger partial charge in [-0.2, -0.15) is 0 Å². The molecule has 2 N–H and O–H groups in total. The number of sulfonamides is 1. The Bertz CT molecular complexity index is 1360. The maximum atomic E-state index is 12.7.